The molecule has 0 spiro atoms. The third-order valence-electron chi connectivity index (χ3n) is 2.09. The largest absolute Gasteiger partial charge is 0.726 e. The molecule has 0 saturated carbocycles. The standard InChI is InChI=1S/C9H8F2NS2.CH4O4S/c1-12-6-4-2-3-5-7(6)13-9(12)14-8(10)11;1-5-6(2,3)4/h2-5,8H,1H3;1H3,(H,2,3,4)/q+1;/p-1. The van der Waals surface area contributed by atoms with Crippen LogP contribution < -0.4 is 4.57 Å². The van der Waals surface area contributed by atoms with E-state index in [1.165, 1.54) is 11.3 Å². The number of fused-ring (bicyclic) bond motifs is 1. The third-order valence-corrected chi connectivity index (χ3v) is 4.71. The van der Waals surface area contributed by atoms with Crippen LogP contribution in [-0.4, -0.2) is 25.8 Å². The maximum atomic E-state index is 12.2. The summed E-state index contributed by atoms with van der Waals surface area (Å²) >= 11 is 2.00. The van der Waals surface area contributed by atoms with Crippen molar-refractivity contribution in [3.8, 4) is 0 Å². The number of halogens is 2. The lowest BCUT2D eigenvalue weighted by molar-refractivity contribution is -0.676. The van der Waals surface area contributed by atoms with Crippen molar-refractivity contribution in [2.75, 3.05) is 7.11 Å². The second kappa shape index (κ2) is 7.27. The van der Waals surface area contributed by atoms with Crippen LogP contribution >= 0.6 is 23.1 Å². The molecule has 0 aliphatic carbocycles. The molecule has 0 amide bonds. The number of alkyl halides is 2. The number of rotatable bonds is 3. The van der Waals surface area contributed by atoms with Crippen molar-refractivity contribution in [1.29, 1.82) is 0 Å². The number of thiazole rings is 1. The van der Waals surface area contributed by atoms with Crippen molar-refractivity contribution in [3.63, 3.8) is 0 Å². The smallest absolute Gasteiger partial charge is 0.303 e. The Bertz CT molecular complexity index is 672. The molecular weight excluding hydrogens is 332 g/mol. The fourth-order valence-electron chi connectivity index (χ4n) is 1.26. The van der Waals surface area contributed by atoms with E-state index in [0.717, 1.165) is 17.3 Å². The van der Waals surface area contributed by atoms with E-state index in [1.54, 1.807) is 4.57 Å². The molecule has 1 aromatic heterocycles. The van der Waals surface area contributed by atoms with Gasteiger partial charge in [-0.05, 0) is 6.07 Å². The molecule has 20 heavy (non-hydrogen) atoms. The number of hydrogen-bond donors (Lipinski definition) is 0. The van der Waals surface area contributed by atoms with Gasteiger partial charge in [0.1, 0.15) is 11.7 Å². The Morgan fingerprint density at radius 1 is 1.40 bits per heavy atom. The van der Waals surface area contributed by atoms with E-state index < -0.39 is 16.2 Å². The molecule has 0 saturated heterocycles. The summed E-state index contributed by atoms with van der Waals surface area (Å²) in [6.07, 6.45) is 0. The Morgan fingerprint density at radius 3 is 2.40 bits per heavy atom. The average molecular weight is 343 g/mol. The minimum atomic E-state index is -4.41. The SMILES string of the molecule is COS(=O)(=O)[O-].C[n+]1c(SC(F)F)sc2ccccc21. The van der Waals surface area contributed by atoms with E-state index >= 15 is 0 Å². The second-order valence-corrected chi connectivity index (χ2v) is 6.77. The molecular formula is C10H11F2NO4S3. The Morgan fingerprint density at radius 2 is 1.95 bits per heavy atom. The molecule has 10 heteroatoms. The highest BCUT2D eigenvalue weighted by molar-refractivity contribution is 8.01. The zero-order chi connectivity index (χ0) is 15.3. The fraction of sp³-hybridized carbons (Fsp3) is 0.300. The van der Waals surface area contributed by atoms with Gasteiger partial charge in [0.15, 0.2) is 0 Å². The molecule has 0 fully saturated rings. The van der Waals surface area contributed by atoms with Crippen molar-refractivity contribution in [2.24, 2.45) is 7.05 Å². The van der Waals surface area contributed by atoms with Gasteiger partial charge in [-0.2, -0.15) is 13.3 Å². The molecule has 2 rings (SSSR count). The summed E-state index contributed by atoms with van der Waals surface area (Å²) in [7, 11) is -1.80. The van der Waals surface area contributed by atoms with Gasteiger partial charge in [-0.3, -0.25) is 4.18 Å². The van der Waals surface area contributed by atoms with Crippen LogP contribution in [0.4, 0.5) is 8.78 Å². The predicted octanol–water partition coefficient (Wildman–Crippen LogP) is 2.13. The first-order valence-corrected chi connectivity index (χ1v) is 8.11. The van der Waals surface area contributed by atoms with E-state index in [1.807, 2.05) is 31.3 Å². The summed E-state index contributed by atoms with van der Waals surface area (Å²) in [5, 5.41) is 0. The molecule has 0 bridgehead atoms. The highest BCUT2D eigenvalue weighted by atomic mass is 32.3. The zero-order valence-corrected chi connectivity index (χ0v) is 12.9. The van der Waals surface area contributed by atoms with Gasteiger partial charge in [-0.15, -0.1) is 0 Å². The normalized spacial score (nSPS) is 11.5. The fourth-order valence-corrected chi connectivity index (χ4v) is 3.23. The summed E-state index contributed by atoms with van der Waals surface area (Å²) < 4.78 is 58.9. The molecule has 112 valence electrons. The minimum absolute atomic E-state index is 0.599. The van der Waals surface area contributed by atoms with Gasteiger partial charge in [-0.1, -0.05) is 23.5 Å². The zero-order valence-electron chi connectivity index (χ0n) is 10.4. The number of nitrogens with zero attached hydrogens (tertiary/aromatic N) is 1. The number of thioether (sulfide) groups is 1. The summed E-state index contributed by atoms with van der Waals surface area (Å²) in [5.74, 6) is -2.35. The van der Waals surface area contributed by atoms with Gasteiger partial charge in [0.25, 0.3) is 5.76 Å². The second-order valence-electron chi connectivity index (χ2n) is 3.35. The van der Waals surface area contributed by atoms with Crippen LogP contribution in [0.2, 0.25) is 0 Å². The van der Waals surface area contributed by atoms with Crippen LogP contribution in [0.1, 0.15) is 0 Å². The van der Waals surface area contributed by atoms with Crippen LogP contribution in [-0.2, 0) is 21.6 Å². The van der Waals surface area contributed by atoms with Crippen LogP contribution in [0, 0.1) is 0 Å². The van der Waals surface area contributed by atoms with E-state index in [-0.39, 0.29) is 0 Å². The maximum Gasteiger partial charge on any atom is 0.303 e. The van der Waals surface area contributed by atoms with Gasteiger partial charge >= 0.3 is 4.34 Å². The average Bonchev–Trinajstić information content (AvgIpc) is 2.66. The van der Waals surface area contributed by atoms with Gasteiger partial charge in [0.2, 0.25) is 15.9 Å². The lowest BCUT2D eigenvalue weighted by Crippen LogP contribution is -2.28. The highest BCUT2D eigenvalue weighted by Gasteiger charge is 2.20. The topological polar surface area (TPSA) is 70.3 Å². The lowest BCUT2D eigenvalue weighted by atomic mass is 10.3. The van der Waals surface area contributed by atoms with Crippen LogP contribution in [0.25, 0.3) is 10.2 Å². The van der Waals surface area contributed by atoms with E-state index in [2.05, 4.69) is 4.18 Å². The van der Waals surface area contributed by atoms with Crippen LogP contribution in [0.5, 0.6) is 0 Å². The number of aromatic nitrogens is 1. The van der Waals surface area contributed by atoms with Crippen LogP contribution in [0.3, 0.4) is 0 Å². The van der Waals surface area contributed by atoms with E-state index in [9.17, 15) is 21.8 Å². The number of benzene rings is 1. The summed E-state index contributed by atoms with van der Waals surface area (Å²) in [6, 6.07) is 7.69. The molecule has 0 unspecified atom stereocenters. The molecule has 2 aromatic rings. The van der Waals surface area contributed by atoms with Gasteiger partial charge < -0.3 is 4.55 Å². The molecule has 0 atom stereocenters. The summed E-state index contributed by atoms with van der Waals surface area (Å²) in [6.45, 7) is 0. The molecule has 5 nitrogen and oxygen atoms in total. The number of para-hydroxylation sites is 1. The molecule has 0 aliphatic rings. The van der Waals surface area contributed by atoms with Gasteiger partial charge in [-0.25, -0.2) is 8.42 Å². The first-order valence-electron chi connectivity index (χ1n) is 5.08. The summed E-state index contributed by atoms with van der Waals surface area (Å²) in [4.78, 5) is 0. The molecule has 1 aromatic carbocycles. The summed E-state index contributed by atoms with van der Waals surface area (Å²) in [5.41, 5.74) is 1.00. The number of aryl methyl sites for hydroxylation is 1. The monoisotopic (exact) mass is 343 g/mol. The van der Waals surface area contributed by atoms with Gasteiger partial charge in [0, 0.05) is 17.8 Å². The molecule has 0 radical (unpaired) electrons. The van der Waals surface area contributed by atoms with Crippen molar-refractivity contribution >= 4 is 43.7 Å². The third kappa shape index (κ3) is 5.29. The van der Waals surface area contributed by atoms with Crippen LogP contribution in [0.15, 0.2) is 28.6 Å². The van der Waals surface area contributed by atoms with Crippen molar-refractivity contribution < 1.29 is 30.5 Å². The molecule has 0 aliphatic heterocycles. The molecule has 1 heterocycles. The Balaban J connectivity index is 0.000000286. The Labute approximate surface area is 123 Å². The predicted molar refractivity (Wildman–Crippen MR) is 71.6 cm³/mol. The van der Waals surface area contributed by atoms with Crippen molar-refractivity contribution in [2.45, 2.75) is 10.1 Å². The van der Waals surface area contributed by atoms with Gasteiger partial charge in [0.05, 0.1) is 7.11 Å². The Hall–Kier alpha value is -0.810. The minimum Gasteiger partial charge on any atom is -0.726 e. The maximum absolute atomic E-state index is 12.2. The van der Waals surface area contributed by atoms with E-state index in [0.29, 0.717) is 16.1 Å². The van der Waals surface area contributed by atoms with Crippen molar-refractivity contribution in [3.05, 3.63) is 24.3 Å². The highest BCUT2D eigenvalue weighted by Crippen LogP contribution is 2.30. The van der Waals surface area contributed by atoms with E-state index in [4.69, 9.17) is 0 Å². The lowest BCUT2D eigenvalue weighted by Gasteiger charge is -1.98. The Kier molecular flexibility index (Phi) is 6.27. The quantitative estimate of drug-likeness (QED) is 0.370. The van der Waals surface area contributed by atoms with Crippen molar-refractivity contribution in [1.82, 2.24) is 0 Å². The molecule has 0 N–H and O–H groups in total. The first-order chi connectivity index (χ1) is 9.24. The first kappa shape index (κ1) is 17.2. The number of hydrogen-bond acceptors (Lipinski definition) is 6.